The van der Waals surface area contributed by atoms with Gasteiger partial charge in [-0.3, -0.25) is 0 Å². The lowest BCUT2D eigenvalue weighted by Gasteiger charge is -2.24. The first-order chi connectivity index (χ1) is 7.94. The van der Waals surface area contributed by atoms with E-state index < -0.39 is 0 Å². The number of nitrogens with one attached hydrogen (secondary N) is 1. The van der Waals surface area contributed by atoms with Gasteiger partial charge in [-0.2, -0.15) is 11.8 Å². The Morgan fingerprint density at radius 2 is 1.94 bits per heavy atom. The Bertz CT molecular complexity index is 346. The minimum absolute atomic E-state index is 0.0884. The van der Waals surface area contributed by atoms with Gasteiger partial charge in [-0.05, 0) is 12.6 Å². The first-order valence-corrected chi connectivity index (χ1v) is 7.04. The highest BCUT2D eigenvalue weighted by atomic mass is 32.2. The molecule has 0 bridgehead atoms. The van der Waals surface area contributed by atoms with Crippen LogP contribution < -0.4 is 5.32 Å². The predicted octanol–water partition coefficient (Wildman–Crippen LogP) is 4.01. The molecule has 3 heteroatoms. The van der Waals surface area contributed by atoms with Gasteiger partial charge in [0.05, 0.1) is 0 Å². The minimum atomic E-state index is -0.118. The largest absolute Gasteiger partial charge is 0.309 e. The molecule has 0 amide bonds. The molecule has 0 saturated carbocycles. The maximum absolute atomic E-state index is 13.7. The Hall–Kier alpha value is -0.540. The van der Waals surface area contributed by atoms with Crippen molar-refractivity contribution in [3.63, 3.8) is 0 Å². The predicted molar refractivity (Wildman–Crippen MR) is 75.0 cm³/mol. The van der Waals surface area contributed by atoms with E-state index in [-0.39, 0.29) is 16.6 Å². The number of rotatable bonds is 5. The second-order valence-corrected chi connectivity index (χ2v) is 6.90. The summed E-state index contributed by atoms with van der Waals surface area (Å²) < 4.78 is 13.9. The Kier molecular flexibility index (Phi) is 5.47. The quantitative estimate of drug-likeness (QED) is 0.853. The van der Waals surface area contributed by atoms with Crippen LogP contribution >= 0.6 is 11.8 Å². The summed E-state index contributed by atoms with van der Waals surface area (Å²) in [7, 11) is 0. The second-order valence-electron chi connectivity index (χ2n) is 5.06. The van der Waals surface area contributed by atoms with Gasteiger partial charge in [0.2, 0.25) is 0 Å². The van der Waals surface area contributed by atoms with Crippen LogP contribution in [0.25, 0.3) is 0 Å². The summed E-state index contributed by atoms with van der Waals surface area (Å²) in [5.74, 6) is 0.770. The number of halogens is 1. The van der Waals surface area contributed by atoms with Crippen molar-refractivity contribution in [2.45, 2.75) is 38.5 Å². The van der Waals surface area contributed by atoms with E-state index in [0.29, 0.717) is 0 Å². The van der Waals surface area contributed by atoms with Crippen LogP contribution in [0.15, 0.2) is 24.3 Å². The van der Waals surface area contributed by atoms with Crippen molar-refractivity contribution in [3.8, 4) is 0 Å². The molecule has 1 aromatic rings. The Morgan fingerprint density at radius 1 is 1.29 bits per heavy atom. The highest BCUT2D eigenvalue weighted by Crippen LogP contribution is 2.29. The van der Waals surface area contributed by atoms with Crippen LogP contribution in [0.4, 0.5) is 4.39 Å². The highest BCUT2D eigenvalue weighted by molar-refractivity contribution is 8.00. The normalized spacial score (nSPS) is 13.7. The summed E-state index contributed by atoms with van der Waals surface area (Å²) in [4.78, 5) is 0. The average Bonchev–Trinajstić information content (AvgIpc) is 2.24. The van der Waals surface area contributed by atoms with E-state index in [0.717, 1.165) is 17.9 Å². The van der Waals surface area contributed by atoms with E-state index in [2.05, 4.69) is 33.0 Å². The van der Waals surface area contributed by atoms with Crippen molar-refractivity contribution in [1.82, 2.24) is 5.32 Å². The summed E-state index contributed by atoms with van der Waals surface area (Å²) >= 11 is 1.86. The number of hydrogen-bond donors (Lipinski definition) is 1. The molecule has 0 aliphatic rings. The third kappa shape index (κ3) is 5.09. The molecule has 0 fully saturated rings. The van der Waals surface area contributed by atoms with Crippen molar-refractivity contribution >= 4 is 11.8 Å². The number of benzene rings is 1. The lowest BCUT2D eigenvalue weighted by atomic mass is 10.1. The maximum atomic E-state index is 13.7. The van der Waals surface area contributed by atoms with E-state index in [1.165, 1.54) is 6.07 Å². The molecular formula is C14H22FNS. The first-order valence-electron chi connectivity index (χ1n) is 6.06. The summed E-state index contributed by atoms with van der Waals surface area (Å²) in [6, 6.07) is 7.11. The van der Waals surface area contributed by atoms with Crippen molar-refractivity contribution in [2.75, 3.05) is 12.3 Å². The molecule has 96 valence electrons. The van der Waals surface area contributed by atoms with Crippen molar-refractivity contribution in [3.05, 3.63) is 35.6 Å². The van der Waals surface area contributed by atoms with Crippen LogP contribution in [0.5, 0.6) is 0 Å². The molecule has 0 aromatic heterocycles. The summed E-state index contributed by atoms with van der Waals surface area (Å²) in [6.45, 7) is 9.45. The zero-order valence-electron chi connectivity index (χ0n) is 11.1. The molecule has 1 rings (SSSR count). The van der Waals surface area contributed by atoms with Gasteiger partial charge in [-0.1, -0.05) is 45.9 Å². The molecule has 0 spiro atoms. The van der Waals surface area contributed by atoms with Crippen LogP contribution in [0.1, 0.15) is 39.3 Å². The molecule has 17 heavy (non-hydrogen) atoms. The van der Waals surface area contributed by atoms with Crippen LogP contribution in [-0.2, 0) is 0 Å². The summed E-state index contributed by atoms with van der Waals surface area (Å²) in [5, 5.41) is 3.35. The molecule has 0 aliphatic heterocycles. The van der Waals surface area contributed by atoms with E-state index >= 15 is 0 Å². The van der Waals surface area contributed by atoms with Gasteiger partial charge in [-0.15, -0.1) is 0 Å². The minimum Gasteiger partial charge on any atom is -0.309 e. The highest BCUT2D eigenvalue weighted by Gasteiger charge is 2.18. The van der Waals surface area contributed by atoms with Crippen molar-refractivity contribution < 1.29 is 4.39 Å². The van der Waals surface area contributed by atoms with Crippen LogP contribution in [0, 0.1) is 5.82 Å². The molecule has 0 saturated heterocycles. The fourth-order valence-electron chi connectivity index (χ4n) is 1.60. The zero-order valence-corrected chi connectivity index (χ0v) is 11.9. The van der Waals surface area contributed by atoms with Gasteiger partial charge in [0.25, 0.3) is 0 Å². The molecule has 1 aromatic carbocycles. The summed E-state index contributed by atoms with van der Waals surface area (Å²) in [5.41, 5.74) is 0.770. The molecule has 1 nitrogen and oxygen atoms in total. The van der Waals surface area contributed by atoms with E-state index in [9.17, 15) is 4.39 Å². The molecule has 0 aliphatic carbocycles. The van der Waals surface area contributed by atoms with Crippen molar-refractivity contribution in [2.24, 2.45) is 0 Å². The third-order valence-corrected chi connectivity index (χ3v) is 3.78. The van der Waals surface area contributed by atoms with Crippen LogP contribution in [-0.4, -0.2) is 17.0 Å². The average molecular weight is 255 g/mol. The molecule has 1 N–H and O–H groups in total. The number of thioether (sulfide) groups is 1. The van der Waals surface area contributed by atoms with Crippen LogP contribution in [0.2, 0.25) is 0 Å². The van der Waals surface area contributed by atoms with Crippen molar-refractivity contribution in [1.29, 1.82) is 0 Å². The first kappa shape index (κ1) is 14.5. The summed E-state index contributed by atoms with van der Waals surface area (Å²) in [6.07, 6.45) is 0. The molecular weight excluding hydrogens is 233 g/mol. The SMILES string of the molecule is CCNC(CSC(C)(C)C)c1ccccc1F. The van der Waals surface area contributed by atoms with Gasteiger partial charge in [-0.25, -0.2) is 4.39 Å². The van der Waals surface area contributed by atoms with Gasteiger partial charge in [0.1, 0.15) is 5.82 Å². The van der Waals surface area contributed by atoms with Gasteiger partial charge < -0.3 is 5.32 Å². The topological polar surface area (TPSA) is 12.0 Å². The van der Waals surface area contributed by atoms with E-state index in [1.54, 1.807) is 6.07 Å². The van der Waals surface area contributed by atoms with Gasteiger partial charge in [0, 0.05) is 22.1 Å². The zero-order chi connectivity index (χ0) is 12.9. The fourth-order valence-corrected chi connectivity index (χ4v) is 2.56. The Morgan fingerprint density at radius 3 is 2.47 bits per heavy atom. The lowest BCUT2D eigenvalue weighted by molar-refractivity contribution is 0.544. The third-order valence-electron chi connectivity index (χ3n) is 2.41. The second kappa shape index (κ2) is 6.41. The molecule has 0 heterocycles. The molecule has 1 atom stereocenters. The monoisotopic (exact) mass is 255 g/mol. The Balaban J connectivity index is 2.75. The smallest absolute Gasteiger partial charge is 0.128 e. The maximum Gasteiger partial charge on any atom is 0.128 e. The van der Waals surface area contributed by atoms with Gasteiger partial charge in [0.15, 0.2) is 0 Å². The lowest BCUT2D eigenvalue weighted by Crippen LogP contribution is -2.25. The Labute approximate surface area is 108 Å². The fraction of sp³-hybridized carbons (Fsp3) is 0.571. The standard InChI is InChI=1S/C14H22FNS/c1-5-16-13(10-17-14(2,3)4)11-8-6-7-9-12(11)15/h6-9,13,16H,5,10H2,1-4H3. The van der Waals surface area contributed by atoms with Crippen LogP contribution in [0.3, 0.4) is 0 Å². The molecule has 1 unspecified atom stereocenters. The van der Waals surface area contributed by atoms with E-state index in [1.807, 2.05) is 23.9 Å². The number of hydrogen-bond acceptors (Lipinski definition) is 2. The van der Waals surface area contributed by atoms with E-state index in [4.69, 9.17) is 0 Å². The molecule has 0 radical (unpaired) electrons. The van der Waals surface area contributed by atoms with Gasteiger partial charge >= 0.3 is 0 Å².